The van der Waals surface area contributed by atoms with E-state index in [2.05, 4.69) is 5.10 Å². The number of methoxy groups -OCH3 is 2. The van der Waals surface area contributed by atoms with Gasteiger partial charge in [-0.1, -0.05) is 31.5 Å². The monoisotopic (exact) mass is 434 g/mol. The second-order valence-corrected chi connectivity index (χ2v) is 7.50. The summed E-state index contributed by atoms with van der Waals surface area (Å²) in [6, 6.07) is 4.58. The molecule has 0 aliphatic heterocycles. The van der Waals surface area contributed by atoms with Gasteiger partial charge in [0.2, 0.25) is 0 Å². The summed E-state index contributed by atoms with van der Waals surface area (Å²) in [5.41, 5.74) is -1.12. The van der Waals surface area contributed by atoms with Crippen LogP contribution in [0.4, 0.5) is 13.2 Å². The van der Waals surface area contributed by atoms with E-state index in [9.17, 15) is 23.1 Å². The molecule has 1 aromatic carbocycles. The van der Waals surface area contributed by atoms with E-state index < -0.39 is 17.6 Å². The number of halogens is 4. The normalized spacial score (nSPS) is 12.3. The highest BCUT2D eigenvalue weighted by Gasteiger charge is 2.47. The number of ether oxygens (including phenoxy) is 2. The molecule has 1 heterocycles. The fraction of sp³-hybridized carbons (Fsp3) is 0.474. The third kappa shape index (κ3) is 4.84. The number of aromatic nitrogens is 2. The van der Waals surface area contributed by atoms with Gasteiger partial charge in [0.15, 0.2) is 5.69 Å². The minimum atomic E-state index is -4.36. The number of hydrogen-bond acceptors (Lipinski definition) is 4. The molecule has 10 heteroatoms. The standard InChI is InChI=1S/C19H22ClF3N2O4/c1-18(2,19(21,22)23)10-11-5-6-12(13(9-11)29-4)16-14(20)15(17(26)27)24-25(16)7-8-28-3/h5-6,9H,7-8,10H2,1-4H3,(H,26,27). The molecule has 2 rings (SSSR count). The molecule has 0 unspecified atom stereocenters. The summed E-state index contributed by atoms with van der Waals surface area (Å²) in [5.74, 6) is -1.03. The molecule has 0 saturated heterocycles. The molecule has 2 aromatic rings. The van der Waals surface area contributed by atoms with Gasteiger partial charge in [-0.2, -0.15) is 18.3 Å². The molecular weight excluding hydrogens is 413 g/mol. The molecule has 0 amide bonds. The van der Waals surface area contributed by atoms with Gasteiger partial charge in [0, 0.05) is 12.7 Å². The van der Waals surface area contributed by atoms with E-state index >= 15 is 0 Å². The van der Waals surface area contributed by atoms with Crippen molar-refractivity contribution >= 4 is 17.6 Å². The molecule has 29 heavy (non-hydrogen) atoms. The van der Waals surface area contributed by atoms with Crippen molar-refractivity contribution in [2.24, 2.45) is 5.41 Å². The minimum Gasteiger partial charge on any atom is -0.496 e. The van der Waals surface area contributed by atoms with E-state index in [0.29, 0.717) is 16.8 Å². The number of carboxylic acids is 1. The van der Waals surface area contributed by atoms with Crippen LogP contribution in [0.2, 0.25) is 5.02 Å². The molecule has 0 spiro atoms. The third-order valence-electron chi connectivity index (χ3n) is 4.54. The van der Waals surface area contributed by atoms with Gasteiger partial charge in [-0.05, 0) is 24.1 Å². The Balaban J connectivity index is 2.54. The van der Waals surface area contributed by atoms with Crippen molar-refractivity contribution in [3.8, 4) is 17.0 Å². The van der Waals surface area contributed by atoms with Crippen LogP contribution in [-0.2, 0) is 17.7 Å². The molecule has 6 nitrogen and oxygen atoms in total. The predicted molar refractivity (Wildman–Crippen MR) is 102 cm³/mol. The number of aromatic carboxylic acids is 1. The van der Waals surface area contributed by atoms with Crippen molar-refractivity contribution in [3.05, 3.63) is 34.5 Å². The number of carbonyl (C=O) groups is 1. The molecule has 160 valence electrons. The lowest BCUT2D eigenvalue weighted by Gasteiger charge is -2.28. The van der Waals surface area contributed by atoms with Crippen LogP contribution in [0.15, 0.2) is 18.2 Å². The highest BCUT2D eigenvalue weighted by Crippen LogP contribution is 2.42. The van der Waals surface area contributed by atoms with Crippen LogP contribution in [0, 0.1) is 5.41 Å². The first-order valence-electron chi connectivity index (χ1n) is 8.65. The van der Waals surface area contributed by atoms with E-state index in [4.69, 9.17) is 21.1 Å². The van der Waals surface area contributed by atoms with E-state index in [1.165, 1.54) is 31.0 Å². The molecule has 0 aliphatic carbocycles. The van der Waals surface area contributed by atoms with Gasteiger partial charge in [-0.15, -0.1) is 0 Å². The van der Waals surface area contributed by atoms with Gasteiger partial charge in [-0.3, -0.25) is 4.68 Å². The predicted octanol–water partition coefficient (Wildman–Crippen LogP) is 4.69. The summed E-state index contributed by atoms with van der Waals surface area (Å²) in [6.07, 6.45) is -4.61. The van der Waals surface area contributed by atoms with Crippen molar-refractivity contribution in [1.29, 1.82) is 0 Å². The quantitative estimate of drug-likeness (QED) is 0.652. The Morgan fingerprint density at radius 1 is 1.28 bits per heavy atom. The Labute approximate surface area is 171 Å². The zero-order valence-electron chi connectivity index (χ0n) is 16.4. The van der Waals surface area contributed by atoms with Crippen LogP contribution >= 0.6 is 11.6 Å². The summed E-state index contributed by atoms with van der Waals surface area (Å²) in [6.45, 7) is 2.74. The molecule has 1 N–H and O–H groups in total. The van der Waals surface area contributed by atoms with Crippen LogP contribution in [0.3, 0.4) is 0 Å². The Kier molecular flexibility index (Phi) is 6.85. The van der Waals surface area contributed by atoms with Gasteiger partial charge in [-0.25, -0.2) is 4.79 Å². The molecular formula is C19H22ClF3N2O4. The van der Waals surface area contributed by atoms with E-state index in [-0.39, 0.29) is 36.0 Å². The molecule has 1 aromatic heterocycles. The number of rotatable bonds is 8. The van der Waals surface area contributed by atoms with Crippen molar-refractivity contribution in [3.63, 3.8) is 0 Å². The smallest absolute Gasteiger partial charge is 0.394 e. The van der Waals surface area contributed by atoms with Gasteiger partial charge >= 0.3 is 12.1 Å². The maximum absolute atomic E-state index is 13.2. The maximum Gasteiger partial charge on any atom is 0.394 e. The Morgan fingerprint density at radius 2 is 1.93 bits per heavy atom. The topological polar surface area (TPSA) is 73.6 Å². The molecule has 0 radical (unpaired) electrons. The van der Waals surface area contributed by atoms with Crippen LogP contribution < -0.4 is 4.74 Å². The van der Waals surface area contributed by atoms with E-state index in [1.54, 1.807) is 6.07 Å². The molecule has 0 fully saturated rings. The maximum atomic E-state index is 13.2. The average molecular weight is 435 g/mol. The highest BCUT2D eigenvalue weighted by atomic mass is 35.5. The summed E-state index contributed by atoms with van der Waals surface area (Å²) in [7, 11) is 2.86. The van der Waals surface area contributed by atoms with Crippen molar-refractivity contribution < 1.29 is 32.5 Å². The summed E-state index contributed by atoms with van der Waals surface area (Å²) in [5, 5.41) is 13.2. The largest absolute Gasteiger partial charge is 0.496 e. The van der Waals surface area contributed by atoms with Gasteiger partial charge < -0.3 is 14.6 Å². The van der Waals surface area contributed by atoms with Crippen LogP contribution in [0.5, 0.6) is 5.75 Å². The zero-order valence-corrected chi connectivity index (χ0v) is 17.2. The Bertz CT molecular complexity index is 894. The zero-order chi connectivity index (χ0) is 22.0. The van der Waals surface area contributed by atoms with Crippen molar-refractivity contribution in [1.82, 2.24) is 9.78 Å². The van der Waals surface area contributed by atoms with Crippen molar-refractivity contribution in [2.45, 2.75) is 33.0 Å². The number of carboxylic acid groups (broad SMARTS) is 1. The lowest BCUT2D eigenvalue weighted by Crippen LogP contribution is -2.34. The second-order valence-electron chi connectivity index (χ2n) is 7.13. The number of hydrogen-bond donors (Lipinski definition) is 1. The summed E-state index contributed by atoms with van der Waals surface area (Å²) < 4.78 is 51.4. The summed E-state index contributed by atoms with van der Waals surface area (Å²) >= 11 is 6.26. The van der Waals surface area contributed by atoms with E-state index in [0.717, 1.165) is 13.8 Å². The fourth-order valence-corrected chi connectivity index (χ4v) is 3.14. The third-order valence-corrected chi connectivity index (χ3v) is 4.90. The molecule has 0 bridgehead atoms. The molecule has 0 saturated carbocycles. The first kappa shape index (κ1) is 23.0. The first-order valence-corrected chi connectivity index (χ1v) is 9.03. The lowest BCUT2D eigenvalue weighted by atomic mass is 9.84. The van der Waals surface area contributed by atoms with Crippen LogP contribution in [0.25, 0.3) is 11.3 Å². The average Bonchev–Trinajstić information content (AvgIpc) is 2.95. The van der Waals surface area contributed by atoms with Crippen LogP contribution in [-0.4, -0.2) is 47.9 Å². The SMILES string of the molecule is COCCn1nc(C(=O)O)c(Cl)c1-c1ccc(CC(C)(C)C(F)(F)F)cc1OC. The van der Waals surface area contributed by atoms with Crippen molar-refractivity contribution in [2.75, 3.05) is 20.8 Å². The Hall–Kier alpha value is -2.26. The van der Waals surface area contributed by atoms with Crippen LogP contribution in [0.1, 0.15) is 29.9 Å². The number of nitrogens with zero attached hydrogens (tertiary/aromatic N) is 2. The minimum absolute atomic E-state index is 0.0877. The lowest BCUT2D eigenvalue weighted by molar-refractivity contribution is -0.211. The highest BCUT2D eigenvalue weighted by molar-refractivity contribution is 6.35. The van der Waals surface area contributed by atoms with E-state index in [1.807, 2.05) is 0 Å². The fourth-order valence-electron chi connectivity index (χ4n) is 2.83. The molecule has 0 aliphatic rings. The molecule has 0 atom stereocenters. The van der Waals surface area contributed by atoms with Gasteiger partial charge in [0.1, 0.15) is 10.8 Å². The number of benzene rings is 1. The second kappa shape index (κ2) is 8.62. The van der Waals surface area contributed by atoms with Gasteiger partial charge in [0.25, 0.3) is 0 Å². The van der Waals surface area contributed by atoms with Gasteiger partial charge in [0.05, 0.1) is 31.4 Å². The Morgan fingerprint density at radius 3 is 2.45 bits per heavy atom. The number of alkyl halides is 3. The first-order chi connectivity index (χ1) is 13.4. The summed E-state index contributed by atoms with van der Waals surface area (Å²) in [4.78, 5) is 11.4.